The first-order valence-corrected chi connectivity index (χ1v) is 8.62. The van der Waals surface area contributed by atoms with E-state index in [1.165, 1.54) is 22.9 Å². The predicted molar refractivity (Wildman–Crippen MR) is 88.2 cm³/mol. The monoisotopic (exact) mass is 321 g/mol. The molecule has 1 saturated carbocycles. The van der Waals surface area contributed by atoms with Crippen LogP contribution in [0.5, 0.6) is 0 Å². The Morgan fingerprint density at radius 2 is 1.95 bits per heavy atom. The van der Waals surface area contributed by atoms with Crippen molar-refractivity contribution < 1.29 is 14.7 Å². The van der Waals surface area contributed by atoms with Gasteiger partial charge in [-0.05, 0) is 38.3 Å². The SMILES string of the molecule is Cc1ccc(SCC(=O)NC2(CC(=O)O)CCCC2)c(C)c1. The Labute approximate surface area is 135 Å². The summed E-state index contributed by atoms with van der Waals surface area (Å²) in [7, 11) is 0. The molecular formula is C17H23NO3S. The second kappa shape index (κ2) is 7.18. The zero-order chi connectivity index (χ0) is 16.2. The minimum Gasteiger partial charge on any atom is -0.481 e. The lowest BCUT2D eigenvalue weighted by atomic mass is 9.93. The number of aryl methyl sites for hydroxylation is 2. The maximum Gasteiger partial charge on any atom is 0.305 e. The third kappa shape index (κ3) is 4.50. The number of carboxylic acids is 1. The molecule has 0 unspecified atom stereocenters. The molecule has 1 amide bonds. The van der Waals surface area contributed by atoms with Gasteiger partial charge in [0, 0.05) is 4.90 Å². The zero-order valence-corrected chi connectivity index (χ0v) is 14.0. The summed E-state index contributed by atoms with van der Waals surface area (Å²) in [4.78, 5) is 24.4. The Kier molecular flexibility index (Phi) is 5.51. The lowest BCUT2D eigenvalue weighted by Crippen LogP contribution is -2.48. The van der Waals surface area contributed by atoms with Crippen molar-refractivity contribution in [2.75, 3.05) is 5.75 Å². The summed E-state index contributed by atoms with van der Waals surface area (Å²) in [6, 6.07) is 6.17. The normalized spacial score (nSPS) is 16.5. The van der Waals surface area contributed by atoms with Crippen molar-refractivity contribution in [2.24, 2.45) is 0 Å². The van der Waals surface area contributed by atoms with Crippen molar-refractivity contribution in [1.29, 1.82) is 0 Å². The van der Waals surface area contributed by atoms with Gasteiger partial charge in [-0.15, -0.1) is 11.8 Å². The van der Waals surface area contributed by atoms with Gasteiger partial charge in [0.15, 0.2) is 0 Å². The molecule has 2 N–H and O–H groups in total. The predicted octanol–water partition coefficient (Wildman–Crippen LogP) is 3.30. The van der Waals surface area contributed by atoms with Crippen LogP contribution in [-0.4, -0.2) is 28.3 Å². The van der Waals surface area contributed by atoms with Crippen LogP contribution in [0.1, 0.15) is 43.2 Å². The van der Waals surface area contributed by atoms with Gasteiger partial charge in [-0.1, -0.05) is 30.5 Å². The Bertz CT molecular complexity index is 565. The maximum absolute atomic E-state index is 12.2. The van der Waals surface area contributed by atoms with Crippen LogP contribution in [0.3, 0.4) is 0 Å². The number of rotatable bonds is 6. The van der Waals surface area contributed by atoms with Crippen LogP contribution in [0, 0.1) is 13.8 Å². The van der Waals surface area contributed by atoms with Crippen LogP contribution in [0.4, 0.5) is 0 Å². The highest BCUT2D eigenvalue weighted by Gasteiger charge is 2.37. The number of hydrogen-bond donors (Lipinski definition) is 2. The first-order chi connectivity index (χ1) is 10.4. The standard InChI is InChI=1S/C17H23NO3S/c1-12-5-6-14(13(2)9-12)22-11-15(19)18-17(10-16(20)21)7-3-4-8-17/h5-6,9H,3-4,7-8,10-11H2,1-2H3,(H,18,19)(H,20,21). The number of carbonyl (C=O) groups excluding carboxylic acids is 1. The van der Waals surface area contributed by atoms with Gasteiger partial charge >= 0.3 is 5.97 Å². The lowest BCUT2D eigenvalue weighted by molar-refractivity contribution is -0.139. The van der Waals surface area contributed by atoms with E-state index < -0.39 is 11.5 Å². The van der Waals surface area contributed by atoms with Crippen molar-refractivity contribution in [3.63, 3.8) is 0 Å². The average molecular weight is 321 g/mol. The van der Waals surface area contributed by atoms with Gasteiger partial charge in [-0.2, -0.15) is 0 Å². The van der Waals surface area contributed by atoms with E-state index in [1.54, 1.807) is 0 Å². The first-order valence-electron chi connectivity index (χ1n) is 7.63. The number of carboxylic acid groups (broad SMARTS) is 1. The Morgan fingerprint density at radius 3 is 2.55 bits per heavy atom. The van der Waals surface area contributed by atoms with Crippen molar-refractivity contribution in [3.05, 3.63) is 29.3 Å². The fourth-order valence-corrected chi connectivity index (χ4v) is 3.93. The second-order valence-corrected chi connectivity index (χ2v) is 7.18. The molecule has 0 atom stereocenters. The van der Waals surface area contributed by atoms with E-state index in [2.05, 4.69) is 11.4 Å². The van der Waals surface area contributed by atoms with Crippen molar-refractivity contribution in [2.45, 2.75) is 56.4 Å². The number of hydrogen-bond acceptors (Lipinski definition) is 3. The highest BCUT2D eigenvalue weighted by atomic mass is 32.2. The maximum atomic E-state index is 12.2. The molecule has 120 valence electrons. The van der Waals surface area contributed by atoms with Crippen LogP contribution < -0.4 is 5.32 Å². The molecule has 4 nitrogen and oxygen atoms in total. The van der Waals surface area contributed by atoms with Crippen molar-refractivity contribution in [3.8, 4) is 0 Å². The highest BCUT2D eigenvalue weighted by molar-refractivity contribution is 8.00. The molecule has 5 heteroatoms. The third-order valence-electron chi connectivity index (χ3n) is 4.14. The van der Waals surface area contributed by atoms with E-state index in [0.717, 1.165) is 30.6 Å². The van der Waals surface area contributed by atoms with E-state index >= 15 is 0 Å². The largest absolute Gasteiger partial charge is 0.481 e. The summed E-state index contributed by atoms with van der Waals surface area (Å²) in [6.07, 6.45) is 3.51. The topological polar surface area (TPSA) is 66.4 Å². The Balaban J connectivity index is 1.92. The Hall–Kier alpha value is -1.49. The summed E-state index contributed by atoms with van der Waals surface area (Å²) in [5.74, 6) is -0.594. The van der Waals surface area contributed by atoms with Gasteiger partial charge in [0.25, 0.3) is 0 Å². The van der Waals surface area contributed by atoms with Crippen LogP contribution in [-0.2, 0) is 9.59 Å². The number of amides is 1. The third-order valence-corrected chi connectivity index (χ3v) is 5.32. The van der Waals surface area contributed by atoms with Crippen LogP contribution >= 0.6 is 11.8 Å². The number of benzene rings is 1. The molecule has 1 aromatic rings. The number of carbonyl (C=O) groups is 2. The van der Waals surface area contributed by atoms with E-state index in [1.807, 2.05) is 26.0 Å². The molecule has 2 rings (SSSR count). The minimum atomic E-state index is -0.843. The fourth-order valence-electron chi connectivity index (χ4n) is 3.12. The molecule has 1 aliphatic carbocycles. The minimum absolute atomic E-state index is 0.0208. The zero-order valence-electron chi connectivity index (χ0n) is 13.1. The van der Waals surface area contributed by atoms with Gasteiger partial charge in [-0.25, -0.2) is 0 Å². The van der Waals surface area contributed by atoms with E-state index in [4.69, 9.17) is 5.11 Å². The van der Waals surface area contributed by atoms with Crippen LogP contribution in [0.25, 0.3) is 0 Å². The highest BCUT2D eigenvalue weighted by Crippen LogP contribution is 2.33. The summed E-state index contributed by atoms with van der Waals surface area (Å²) < 4.78 is 0. The molecule has 1 aliphatic rings. The van der Waals surface area contributed by atoms with E-state index in [9.17, 15) is 9.59 Å². The van der Waals surface area contributed by atoms with E-state index in [0.29, 0.717) is 5.75 Å². The summed E-state index contributed by atoms with van der Waals surface area (Å²) in [5.41, 5.74) is 1.84. The lowest BCUT2D eigenvalue weighted by Gasteiger charge is -2.28. The van der Waals surface area contributed by atoms with E-state index in [-0.39, 0.29) is 12.3 Å². The molecule has 1 aromatic carbocycles. The average Bonchev–Trinajstić information content (AvgIpc) is 2.84. The van der Waals surface area contributed by atoms with Gasteiger partial charge in [0.2, 0.25) is 5.91 Å². The molecule has 22 heavy (non-hydrogen) atoms. The van der Waals surface area contributed by atoms with Gasteiger partial charge < -0.3 is 10.4 Å². The fraction of sp³-hybridized carbons (Fsp3) is 0.529. The van der Waals surface area contributed by atoms with Crippen LogP contribution in [0.15, 0.2) is 23.1 Å². The number of aliphatic carboxylic acids is 1. The van der Waals surface area contributed by atoms with Gasteiger partial charge in [-0.3, -0.25) is 9.59 Å². The molecule has 0 aliphatic heterocycles. The molecule has 0 bridgehead atoms. The molecular weight excluding hydrogens is 298 g/mol. The molecule has 1 fully saturated rings. The molecule has 0 heterocycles. The summed E-state index contributed by atoms with van der Waals surface area (Å²) >= 11 is 1.51. The Morgan fingerprint density at radius 1 is 1.27 bits per heavy atom. The molecule has 0 saturated heterocycles. The molecule has 0 spiro atoms. The van der Waals surface area contributed by atoms with Crippen LogP contribution in [0.2, 0.25) is 0 Å². The quantitative estimate of drug-likeness (QED) is 0.789. The summed E-state index contributed by atoms with van der Waals surface area (Å²) in [5, 5.41) is 12.0. The van der Waals surface area contributed by atoms with Crippen molar-refractivity contribution >= 4 is 23.6 Å². The van der Waals surface area contributed by atoms with Crippen molar-refractivity contribution in [1.82, 2.24) is 5.32 Å². The van der Waals surface area contributed by atoms with Gasteiger partial charge in [0.1, 0.15) is 0 Å². The second-order valence-electron chi connectivity index (χ2n) is 6.16. The smallest absolute Gasteiger partial charge is 0.305 e. The molecule has 0 aromatic heterocycles. The molecule has 0 radical (unpaired) electrons. The summed E-state index contributed by atoms with van der Waals surface area (Å²) in [6.45, 7) is 4.08. The first kappa shape index (κ1) is 16.9. The van der Waals surface area contributed by atoms with Gasteiger partial charge in [0.05, 0.1) is 17.7 Å². The number of nitrogens with one attached hydrogen (secondary N) is 1. The number of thioether (sulfide) groups is 1.